The van der Waals surface area contributed by atoms with Crippen LogP contribution in [0.15, 0.2) is 23.1 Å². The van der Waals surface area contributed by atoms with E-state index < -0.39 is 21.1 Å². The smallest absolute Gasteiger partial charge is 0.323 e. The fraction of sp³-hybridized carbons (Fsp3) is 0.462. The molecule has 1 heterocycles. The number of nitrogens with zero attached hydrogens (tertiary/aromatic N) is 1. The Bertz CT molecular complexity index is 609. The molecule has 5 nitrogen and oxygen atoms in total. The minimum atomic E-state index is -3.36. The average molecular weight is 283 g/mol. The Morgan fingerprint density at radius 3 is 2.74 bits per heavy atom. The standard InChI is InChI=1S/C13H17NO4S/c1-3-10-5-4-6-11-13(10)14(8-12(15)16)7-9(2)19(11,17)18/h4-6,9H,3,7-8H2,1-2H3,(H,15,16). The van der Waals surface area contributed by atoms with Gasteiger partial charge in [-0.1, -0.05) is 19.1 Å². The zero-order valence-corrected chi connectivity index (χ0v) is 11.8. The van der Waals surface area contributed by atoms with Crippen LogP contribution < -0.4 is 4.90 Å². The van der Waals surface area contributed by atoms with Crippen LogP contribution in [0, 0.1) is 0 Å². The zero-order chi connectivity index (χ0) is 14.2. The van der Waals surface area contributed by atoms with Crippen LogP contribution in [-0.2, 0) is 21.1 Å². The number of hydrogen-bond donors (Lipinski definition) is 1. The highest BCUT2D eigenvalue weighted by atomic mass is 32.2. The quantitative estimate of drug-likeness (QED) is 0.905. The Labute approximate surface area is 112 Å². The summed E-state index contributed by atoms with van der Waals surface area (Å²) in [6.07, 6.45) is 0.670. The van der Waals surface area contributed by atoms with E-state index in [1.54, 1.807) is 24.0 Å². The maximum Gasteiger partial charge on any atom is 0.323 e. The summed E-state index contributed by atoms with van der Waals surface area (Å²) in [5, 5.41) is 8.39. The third-order valence-corrected chi connectivity index (χ3v) is 5.57. The SMILES string of the molecule is CCc1cccc2c1N(CC(=O)O)CC(C)S2(=O)=O. The molecule has 104 valence electrons. The van der Waals surface area contributed by atoms with Gasteiger partial charge >= 0.3 is 5.97 Å². The number of aryl methyl sites for hydroxylation is 1. The molecule has 0 bridgehead atoms. The van der Waals surface area contributed by atoms with Gasteiger partial charge in [0.05, 0.1) is 15.8 Å². The number of sulfone groups is 1. The van der Waals surface area contributed by atoms with E-state index >= 15 is 0 Å². The summed E-state index contributed by atoms with van der Waals surface area (Å²) < 4.78 is 24.7. The molecular formula is C13H17NO4S. The van der Waals surface area contributed by atoms with Crippen molar-refractivity contribution in [3.05, 3.63) is 23.8 Å². The van der Waals surface area contributed by atoms with Crippen LogP contribution >= 0.6 is 0 Å². The molecule has 6 heteroatoms. The zero-order valence-electron chi connectivity index (χ0n) is 11.0. The lowest BCUT2D eigenvalue weighted by Crippen LogP contribution is -2.43. The van der Waals surface area contributed by atoms with Crippen LogP contribution in [-0.4, -0.2) is 37.8 Å². The van der Waals surface area contributed by atoms with Crippen molar-refractivity contribution in [2.24, 2.45) is 0 Å². The first kappa shape index (κ1) is 13.9. The van der Waals surface area contributed by atoms with Gasteiger partial charge in [-0.3, -0.25) is 4.79 Å². The molecule has 0 fully saturated rings. The molecule has 0 aromatic heterocycles. The lowest BCUT2D eigenvalue weighted by Gasteiger charge is -2.34. The van der Waals surface area contributed by atoms with Gasteiger partial charge in [0, 0.05) is 6.54 Å². The van der Waals surface area contributed by atoms with Crippen molar-refractivity contribution < 1.29 is 18.3 Å². The minimum absolute atomic E-state index is 0.177. The molecule has 1 aliphatic rings. The number of carboxylic acids is 1. The van der Waals surface area contributed by atoms with Gasteiger partial charge in [-0.25, -0.2) is 8.42 Å². The highest BCUT2D eigenvalue weighted by Gasteiger charge is 2.36. The second-order valence-corrected chi connectivity index (χ2v) is 7.08. The Hall–Kier alpha value is -1.56. The van der Waals surface area contributed by atoms with Crippen molar-refractivity contribution in [1.82, 2.24) is 0 Å². The van der Waals surface area contributed by atoms with Crippen molar-refractivity contribution >= 4 is 21.5 Å². The fourth-order valence-corrected chi connectivity index (χ4v) is 4.07. The van der Waals surface area contributed by atoms with E-state index in [0.717, 1.165) is 5.56 Å². The Morgan fingerprint density at radius 1 is 1.47 bits per heavy atom. The van der Waals surface area contributed by atoms with E-state index in [1.165, 1.54) is 0 Å². The molecule has 1 atom stereocenters. The molecule has 0 aliphatic carbocycles. The summed E-state index contributed by atoms with van der Waals surface area (Å²) in [7, 11) is -3.36. The van der Waals surface area contributed by atoms with Crippen molar-refractivity contribution in [3.8, 4) is 0 Å². The molecule has 0 spiro atoms. The van der Waals surface area contributed by atoms with Crippen molar-refractivity contribution in [2.75, 3.05) is 18.0 Å². The fourth-order valence-electron chi connectivity index (χ4n) is 2.46. The predicted octanol–water partition coefficient (Wildman–Crippen LogP) is 1.32. The van der Waals surface area contributed by atoms with Crippen molar-refractivity contribution in [2.45, 2.75) is 30.4 Å². The number of carboxylic acid groups (broad SMARTS) is 1. The van der Waals surface area contributed by atoms with E-state index in [-0.39, 0.29) is 18.0 Å². The lowest BCUT2D eigenvalue weighted by molar-refractivity contribution is -0.135. The van der Waals surface area contributed by atoms with Crippen molar-refractivity contribution in [3.63, 3.8) is 0 Å². The molecule has 1 aromatic rings. The van der Waals surface area contributed by atoms with E-state index in [2.05, 4.69) is 0 Å². The van der Waals surface area contributed by atoms with E-state index in [0.29, 0.717) is 12.1 Å². The van der Waals surface area contributed by atoms with Crippen LogP contribution in [0.3, 0.4) is 0 Å². The third-order valence-electron chi connectivity index (χ3n) is 3.42. The molecule has 1 unspecified atom stereocenters. The number of rotatable bonds is 3. The number of para-hydroxylation sites is 1. The molecule has 1 aliphatic heterocycles. The normalized spacial score (nSPS) is 20.9. The second kappa shape index (κ2) is 4.85. The van der Waals surface area contributed by atoms with E-state index in [4.69, 9.17) is 5.11 Å². The lowest BCUT2D eigenvalue weighted by atomic mass is 10.1. The monoisotopic (exact) mass is 283 g/mol. The molecule has 1 N–H and O–H groups in total. The van der Waals surface area contributed by atoms with Crippen molar-refractivity contribution in [1.29, 1.82) is 0 Å². The van der Waals surface area contributed by atoms with Gasteiger partial charge in [0.1, 0.15) is 6.54 Å². The molecule has 19 heavy (non-hydrogen) atoms. The number of benzene rings is 1. The highest BCUT2D eigenvalue weighted by Crippen LogP contribution is 2.36. The Kier molecular flexibility index (Phi) is 3.54. The first-order valence-corrected chi connectivity index (χ1v) is 7.75. The van der Waals surface area contributed by atoms with Crippen LogP contribution in [0.1, 0.15) is 19.4 Å². The highest BCUT2D eigenvalue weighted by molar-refractivity contribution is 7.92. The average Bonchev–Trinajstić information content (AvgIpc) is 2.34. The van der Waals surface area contributed by atoms with Crippen LogP contribution in [0.2, 0.25) is 0 Å². The first-order valence-electron chi connectivity index (χ1n) is 6.20. The minimum Gasteiger partial charge on any atom is -0.480 e. The number of fused-ring (bicyclic) bond motifs is 1. The van der Waals surface area contributed by atoms with Gasteiger partial charge in [-0.05, 0) is 25.0 Å². The maximum atomic E-state index is 12.3. The van der Waals surface area contributed by atoms with Gasteiger partial charge in [0.25, 0.3) is 0 Å². The van der Waals surface area contributed by atoms with Gasteiger partial charge in [0.2, 0.25) is 0 Å². The van der Waals surface area contributed by atoms with Crippen LogP contribution in [0.5, 0.6) is 0 Å². The third kappa shape index (κ3) is 2.32. The van der Waals surface area contributed by atoms with Gasteiger partial charge in [-0.2, -0.15) is 0 Å². The number of hydrogen-bond acceptors (Lipinski definition) is 4. The number of carbonyl (C=O) groups is 1. The Balaban J connectivity index is 2.64. The molecular weight excluding hydrogens is 266 g/mol. The van der Waals surface area contributed by atoms with Gasteiger partial charge in [0.15, 0.2) is 9.84 Å². The summed E-state index contributed by atoms with van der Waals surface area (Å²) in [5.41, 5.74) is 1.43. The van der Waals surface area contributed by atoms with Crippen LogP contribution in [0.4, 0.5) is 5.69 Å². The Morgan fingerprint density at radius 2 is 2.16 bits per heavy atom. The molecule has 1 aromatic carbocycles. The summed E-state index contributed by atoms with van der Waals surface area (Å²) in [5.74, 6) is -0.955. The van der Waals surface area contributed by atoms with Gasteiger partial charge < -0.3 is 10.0 Å². The van der Waals surface area contributed by atoms with Crippen LogP contribution in [0.25, 0.3) is 0 Å². The first-order chi connectivity index (χ1) is 8.87. The summed E-state index contributed by atoms with van der Waals surface area (Å²) in [6.45, 7) is 3.59. The molecule has 0 radical (unpaired) electrons. The van der Waals surface area contributed by atoms with Gasteiger partial charge in [-0.15, -0.1) is 0 Å². The summed E-state index contributed by atoms with van der Waals surface area (Å²) >= 11 is 0. The predicted molar refractivity (Wildman–Crippen MR) is 72.3 cm³/mol. The van der Waals surface area contributed by atoms with E-state index in [9.17, 15) is 13.2 Å². The molecule has 0 amide bonds. The molecule has 0 saturated heterocycles. The summed E-state index contributed by atoms with van der Waals surface area (Å²) in [4.78, 5) is 12.9. The van der Waals surface area contributed by atoms with E-state index in [1.807, 2.05) is 13.0 Å². The molecule has 2 rings (SSSR count). The topological polar surface area (TPSA) is 74.7 Å². The molecule has 0 saturated carbocycles. The maximum absolute atomic E-state index is 12.3. The number of anilines is 1. The second-order valence-electron chi connectivity index (χ2n) is 4.75. The number of aliphatic carboxylic acids is 1. The summed E-state index contributed by atoms with van der Waals surface area (Å²) in [6, 6.07) is 5.12. The largest absolute Gasteiger partial charge is 0.480 e.